The van der Waals surface area contributed by atoms with Crippen LogP contribution < -0.4 is 17.0 Å². The van der Waals surface area contributed by atoms with Gasteiger partial charge in [-0.25, -0.2) is 9.36 Å². The summed E-state index contributed by atoms with van der Waals surface area (Å²) in [5.41, 5.74) is 4.04. The largest absolute Gasteiger partial charge is 0.383 e. The summed E-state index contributed by atoms with van der Waals surface area (Å²) in [5.74, 6) is -0.279. The lowest BCUT2D eigenvalue weighted by Gasteiger charge is -2.19. The van der Waals surface area contributed by atoms with Crippen LogP contribution in [0.2, 0.25) is 0 Å². The van der Waals surface area contributed by atoms with Gasteiger partial charge in [0.2, 0.25) is 5.69 Å². The monoisotopic (exact) mass is 290 g/mol. The summed E-state index contributed by atoms with van der Waals surface area (Å²) in [6.45, 7) is 0. The normalized spacial score (nSPS) is 12.1. The minimum absolute atomic E-state index is 0.279. The predicted molar refractivity (Wildman–Crippen MR) is 77.4 cm³/mol. The molecule has 0 saturated carbocycles. The maximum absolute atomic E-state index is 12.3. The number of anilines is 1. The van der Waals surface area contributed by atoms with Crippen LogP contribution >= 0.6 is 0 Å². The van der Waals surface area contributed by atoms with E-state index in [1.807, 2.05) is 0 Å². The van der Waals surface area contributed by atoms with Crippen LogP contribution in [0.25, 0.3) is 0 Å². The molecular weight excluding hydrogens is 276 g/mol. The highest BCUT2D eigenvalue weighted by atomic mass is 16.5. The van der Waals surface area contributed by atoms with E-state index in [0.29, 0.717) is 5.56 Å². The van der Waals surface area contributed by atoms with Crippen molar-refractivity contribution in [1.82, 2.24) is 9.13 Å². The zero-order valence-corrected chi connectivity index (χ0v) is 11.5. The molecule has 0 aliphatic rings. The van der Waals surface area contributed by atoms with Crippen LogP contribution in [-0.4, -0.2) is 16.2 Å². The summed E-state index contributed by atoms with van der Waals surface area (Å²) in [4.78, 5) is 35.3. The van der Waals surface area contributed by atoms with Gasteiger partial charge >= 0.3 is 5.69 Å². The van der Waals surface area contributed by atoms with Crippen molar-refractivity contribution in [1.29, 1.82) is 0 Å². The molecule has 0 fully saturated rings. The summed E-state index contributed by atoms with van der Waals surface area (Å²) in [7, 11) is 2.70. The number of nitrogens with zero attached hydrogens (tertiary/aromatic N) is 3. The van der Waals surface area contributed by atoms with E-state index in [1.54, 1.807) is 30.3 Å². The fourth-order valence-electron chi connectivity index (χ4n) is 2.03. The molecule has 2 N–H and O–H groups in total. The SMILES string of the molecule is COC(c1ccccc1)n1c(=O)c(N=O)c(N)n(C)c1=O. The number of hydrogen-bond acceptors (Lipinski definition) is 6. The third-order valence-corrected chi connectivity index (χ3v) is 3.15. The van der Waals surface area contributed by atoms with E-state index < -0.39 is 23.2 Å². The van der Waals surface area contributed by atoms with E-state index in [9.17, 15) is 14.5 Å². The summed E-state index contributed by atoms with van der Waals surface area (Å²) in [6.07, 6.45) is -0.974. The molecule has 1 aromatic heterocycles. The van der Waals surface area contributed by atoms with Gasteiger partial charge in [0.15, 0.2) is 6.23 Å². The van der Waals surface area contributed by atoms with Crippen molar-refractivity contribution in [3.8, 4) is 0 Å². The minimum Gasteiger partial charge on any atom is -0.383 e. The standard InChI is InChI=1S/C13H14N4O4/c1-16-10(14)9(15-20)11(18)17(13(16)19)12(21-2)8-6-4-3-5-7-8/h3-7,12H,14H2,1-2H3. The molecule has 0 aliphatic heterocycles. The molecule has 1 atom stereocenters. The van der Waals surface area contributed by atoms with E-state index in [-0.39, 0.29) is 5.82 Å². The van der Waals surface area contributed by atoms with Crippen LogP contribution in [0.15, 0.2) is 45.1 Å². The molecule has 0 spiro atoms. The Morgan fingerprint density at radius 2 is 1.86 bits per heavy atom. The van der Waals surface area contributed by atoms with Crippen LogP contribution in [0.5, 0.6) is 0 Å². The average molecular weight is 290 g/mol. The summed E-state index contributed by atoms with van der Waals surface area (Å²) in [6, 6.07) is 8.67. The van der Waals surface area contributed by atoms with Crippen LogP contribution in [0.4, 0.5) is 11.5 Å². The molecule has 1 aromatic carbocycles. The Morgan fingerprint density at radius 1 is 1.24 bits per heavy atom. The molecule has 0 bridgehead atoms. The lowest BCUT2D eigenvalue weighted by Crippen LogP contribution is -2.43. The topological polar surface area (TPSA) is 109 Å². The lowest BCUT2D eigenvalue weighted by molar-refractivity contribution is 0.0709. The first kappa shape index (κ1) is 14.7. The van der Waals surface area contributed by atoms with Crippen molar-refractivity contribution >= 4 is 11.5 Å². The highest BCUT2D eigenvalue weighted by Gasteiger charge is 2.23. The molecule has 1 heterocycles. The fourth-order valence-corrected chi connectivity index (χ4v) is 2.03. The quantitative estimate of drug-likeness (QED) is 0.834. The van der Waals surface area contributed by atoms with Crippen LogP contribution in [-0.2, 0) is 11.8 Å². The summed E-state index contributed by atoms with van der Waals surface area (Å²) < 4.78 is 7.03. The van der Waals surface area contributed by atoms with E-state index in [4.69, 9.17) is 10.5 Å². The van der Waals surface area contributed by atoms with E-state index in [2.05, 4.69) is 5.18 Å². The third kappa shape index (κ3) is 2.36. The first-order valence-electron chi connectivity index (χ1n) is 6.05. The predicted octanol–water partition coefficient (Wildman–Crippen LogP) is 0.720. The number of hydrogen-bond donors (Lipinski definition) is 1. The van der Waals surface area contributed by atoms with E-state index >= 15 is 0 Å². The molecule has 2 rings (SSSR count). The van der Waals surface area contributed by atoms with Crippen molar-refractivity contribution in [2.45, 2.75) is 6.23 Å². The number of aromatic nitrogens is 2. The van der Waals surface area contributed by atoms with Gasteiger partial charge in [-0.05, 0) is 5.18 Å². The number of methoxy groups -OCH3 is 1. The fraction of sp³-hybridized carbons (Fsp3) is 0.231. The van der Waals surface area contributed by atoms with Crippen molar-refractivity contribution in [2.24, 2.45) is 12.2 Å². The molecule has 2 aromatic rings. The Bertz CT molecular complexity index is 779. The molecule has 0 saturated heterocycles. The second-order valence-corrected chi connectivity index (χ2v) is 4.34. The highest BCUT2D eigenvalue weighted by Crippen LogP contribution is 2.19. The lowest BCUT2D eigenvalue weighted by atomic mass is 10.2. The Morgan fingerprint density at radius 3 is 2.38 bits per heavy atom. The number of nitroso groups, excluding NO2 is 1. The zero-order valence-electron chi connectivity index (χ0n) is 11.5. The van der Waals surface area contributed by atoms with Gasteiger partial charge in [-0.1, -0.05) is 30.3 Å². The van der Waals surface area contributed by atoms with Crippen LogP contribution in [0, 0.1) is 4.91 Å². The Kier molecular flexibility index (Phi) is 3.99. The second kappa shape index (κ2) is 5.71. The first-order valence-corrected chi connectivity index (χ1v) is 6.05. The summed E-state index contributed by atoms with van der Waals surface area (Å²) in [5, 5.41) is 2.62. The van der Waals surface area contributed by atoms with Gasteiger partial charge in [0, 0.05) is 19.7 Å². The van der Waals surface area contributed by atoms with Crippen LogP contribution in [0.3, 0.4) is 0 Å². The average Bonchev–Trinajstić information content (AvgIpc) is 2.51. The van der Waals surface area contributed by atoms with E-state index in [1.165, 1.54) is 14.2 Å². The van der Waals surface area contributed by atoms with Crippen molar-refractivity contribution < 1.29 is 4.74 Å². The van der Waals surface area contributed by atoms with Crippen LogP contribution in [0.1, 0.15) is 11.8 Å². The highest BCUT2D eigenvalue weighted by molar-refractivity contribution is 5.55. The van der Waals surface area contributed by atoms with Crippen molar-refractivity contribution in [3.05, 3.63) is 61.6 Å². The first-order chi connectivity index (χ1) is 10.0. The Balaban J connectivity index is 2.80. The van der Waals surface area contributed by atoms with Gasteiger partial charge in [-0.15, -0.1) is 4.91 Å². The van der Waals surface area contributed by atoms with Crippen molar-refractivity contribution in [2.75, 3.05) is 12.8 Å². The number of rotatable bonds is 4. The minimum atomic E-state index is -0.974. The Labute approximate surface area is 119 Å². The molecule has 21 heavy (non-hydrogen) atoms. The number of benzene rings is 1. The molecule has 0 aliphatic carbocycles. The van der Waals surface area contributed by atoms with Crippen molar-refractivity contribution in [3.63, 3.8) is 0 Å². The molecule has 1 unspecified atom stereocenters. The van der Waals surface area contributed by atoms with Gasteiger partial charge in [-0.3, -0.25) is 9.36 Å². The molecule has 0 radical (unpaired) electrons. The molecular formula is C13H14N4O4. The van der Waals surface area contributed by atoms with Gasteiger partial charge in [-0.2, -0.15) is 0 Å². The molecule has 0 amide bonds. The molecule has 8 heteroatoms. The number of nitrogens with two attached hydrogens (primary N) is 1. The van der Waals surface area contributed by atoms with Gasteiger partial charge < -0.3 is 10.5 Å². The van der Waals surface area contributed by atoms with Gasteiger partial charge in [0.05, 0.1) is 0 Å². The zero-order chi connectivity index (χ0) is 15.6. The van der Waals surface area contributed by atoms with Gasteiger partial charge in [0.25, 0.3) is 5.56 Å². The molecule has 110 valence electrons. The second-order valence-electron chi connectivity index (χ2n) is 4.34. The Hall–Kier alpha value is -2.74. The maximum Gasteiger partial charge on any atom is 0.334 e. The van der Waals surface area contributed by atoms with Gasteiger partial charge in [0.1, 0.15) is 5.82 Å². The number of nitrogen functional groups attached to an aromatic ring is 1. The molecule has 8 nitrogen and oxygen atoms in total. The smallest absolute Gasteiger partial charge is 0.334 e. The van der Waals surface area contributed by atoms with E-state index in [0.717, 1.165) is 9.13 Å². The maximum atomic E-state index is 12.3. The summed E-state index contributed by atoms with van der Waals surface area (Å²) >= 11 is 0. The third-order valence-electron chi connectivity index (χ3n) is 3.15. The number of ether oxygens (including phenoxy) is 1.